The molecule has 1 N–H and O–H groups in total. The molecule has 23 heavy (non-hydrogen) atoms. The molecule has 0 saturated carbocycles. The number of carbonyl (C=O) groups is 1. The van der Waals surface area contributed by atoms with Gasteiger partial charge in [-0.1, -0.05) is 6.07 Å². The first kappa shape index (κ1) is 14.3. The molecule has 1 fully saturated rings. The van der Waals surface area contributed by atoms with Gasteiger partial charge in [0.15, 0.2) is 5.82 Å². The molecule has 1 amide bonds. The number of benzene rings is 1. The van der Waals surface area contributed by atoms with Crippen molar-refractivity contribution in [1.82, 2.24) is 9.78 Å². The molecule has 1 aromatic heterocycles. The lowest BCUT2D eigenvalue weighted by molar-refractivity contribution is -0.120. The molecule has 0 radical (unpaired) electrons. The van der Waals surface area contributed by atoms with Gasteiger partial charge in [-0.15, -0.1) is 0 Å². The number of amides is 1. The van der Waals surface area contributed by atoms with Gasteiger partial charge in [-0.3, -0.25) is 14.4 Å². The summed E-state index contributed by atoms with van der Waals surface area (Å²) in [7, 11) is 1.86. The summed E-state index contributed by atoms with van der Waals surface area (Å²) in [6, 6.07) is 7.88. The number of aromatic nitrogens is 2. The minimum absolute atomic E-state index is 0.0895. The van der Waals surface area contributed by atoms with E-state index in [1.807, 2.05) is 25.4 Å². The van der Waals surface area contributed by atoms with E-state index in [1.165, 1.54) is 11.1 Å². The largest absolute Gasteiger partial charge is 0.374 e. The van der Waals surface area contributed by atoms with Crippen LogP contribution in [0.2, 0.25) is 0 Å². The van der Waals surface area contributed by atoms with Crippen molar-refractivity contribution in [2.75, 3.05) is 16.8 Å². The monoisotopic (exact) mass is 312 g/mol. The van der Waals surface area contributed by atoms with Crippen molar-refractivity contribution in [3.63, 3.8) is 0 Å². The Labute approximate surface area is 135 Å². The van der Waals surface area contributed by atoms with Gasteiger partial charge in [-0.25, -0.2) is 0 Å². The van der Waals surface area contributed by atoms with Crippen LogP contribution in [0, 0.1) is 0 Å². The summed E-state index contributed by atoms with van der Waals surface area (Å²) in [6.07, 6.45) is 3.67. The van der Waals surface area contributed by atoms with Crippen molar-refractivity contribution >= 4 is 17.4 Å². The number of carbonyl (C=O) groups excluding carboxylic acids is 1. The highest BCUT2D eigenvalue weighted by molar-refractivity contribution is 5.98. The number of piperidine rings is 1. The van der Waals surface area contributed by atoms with Crippen LogP contribution in [0.15, 0.2) is 30.5 Å². The third-order valence-corrected chi connectivity index (χ3v) is 4.48. The van der Waals surface area contributed by atoms with Crippen LogP contribution in [-0.2, 0) is 29.8 Å². The summed E-state index contributed by atoms with van der Waals surface area (Å²) in [5.41, 5.74) is 3.43. The smallest absolute Gasteiger partial charge is 0.250 e. The van der Waals surface area contributed by atoms with E-state index in [0.29, 0.717) is 13.2 Å². The summed E-state index contributed by atoms with van der Waals surface area (Å²) >= 11 is 0. The molecular weight excluding hydrogens is 292 g/mol. The summed E-state index contributed by atoms with van der Waals surface area (Å²) in [5, 5.41) is 7.74. The van der Waals surface area contributed by atoms with Crippen LogP contribution in [0.25, 0.3) is 0 Å². The highest BCUT2D eigenvalue weighted by Crippen LogP contribution is 2.26. The second kappa shape index (κ2) is 5.70. The van der Waals surface area contributed by atoms with E-state index in [2.05, 4.69) is 22.5 Å². The maximum Gasteiger partial charge on any atom is 0.250 e. The van der Waals surface area contributed by atoms with E-state index in [1.54, 1.807) is 9.58 Å². The number of nitrogens with one attached hydrogen (secondary N) is 1. The van der Waals surface area contributed by atoms with Crippen molar-refractivity contribution in [2.24, 2.45) is 7.05 Å². The summed E-state index contributed by atoms with van der Waals surface area (Å²) in [4.78, 5) is 14.5. The molecule has 4 rings (SSSR count). The molecule has 2 aromatic rings. The number of aryl methyl sites for hydroxylation is 1. The number of hydrogen-bond acceptors (Lipinski definition) is 4. The molecule has 3 heterocycles. The lowest BCUT2D eigenvalue weighted by Crippen LogP contribution is -2.48. The molecule has 0 unspecified atom stereocenters. The van der Waals surface area contributed by atoms with E-state index < -0.39 is 0 Å². The van der Waals surface area contributed by atoms with E-state index >= 15 is 0 Å². The van der Waals surface area contributed by atoms with Gasteiger partial charge in [0.1, 0.15) is 6.04 Å². The summed E-state index contributed by atoms with van der Waals surface area (Å²) in [5.74, 6) is 0.818. The van der Waals surface area contributed by atoms with Gasteiger partial charge in [0.25, 0.3) is 5.91 Å². The fourth-order valence-electron chi connectivity index (χ4n) is 3.25. The molecule has 120 valence electrons. The van der Waals surface area contributed by atoms with Crippen molar-refractivity contribution in [1.29, 1.82) is 0 Å². The van der Waals surface area contributed by atoms with E-state index in [0.717, 1.165) is 30.9 Å². The number of ether oxygens (including phenoxy) is 1. The van der Waals surface area contributed by atoms with Gasteiger partial charge in [-0.05, 0) is 36.1 Å². The molecule has 2 aliphatic rings. The second-order valence-electron chi connectivity index (χ2n) is 6.15. The van der Waals surface area contributed by atoms with E-state index in [9.17, 15) is 4.79 Å². The number of fused-ring (bicyclic) bond motifs is 1. The minimum atomic E-state index is -0.203. The van der Waals surface area contributed by atoms with Crippen LogP contribution >= 0.6 is 0 Å². The number of rotatable bonds is 3. The molecule has 1 atom stereocenters. The van der Waals surface area contributed by atoms with Gasteiger partial charge >= 0.3 is 0 Å². The van der Waals surface area contributed by atoms with Crippen molar-refractivity contribution < 1.29 is 9.53 Å². The maximum atomic E-state index is 12.8. The Kier molecular flexibility index (Phi) is 3.53. The predicted octanol–water partition coefficient (Wildman–Crippen LogP) is 2.06. The van der Waals surface area contributed by atoms with Crippen molar-refractivity contribution in [2.45, 2.75) is 32.1 Å². The second-order valence-corrected chi connectivity index (χ2v) is 6.15. The lowest BCUT2D eigenvalue weighted by atomic mass is 10.0. The molecule has 6 heteroatoms. The van der Waals surface area contributed by atoms with Crippen molar-refractivity contribution in [3.8, 4) is 0 Å². The zero-order valence-electron chi connectivity index (χ0n) is 13.2. The Morgan fingerprint density at radius 2 is 2.13 bits per heavy atom. The molecular formula is C17H20N4O2. The average Bonchev–Trinajstić information content (AvgIpc) is 3.17. The fraction of sp³-hybridized carbons (Fsp3) is 0.412. The lowest BCUT2D eigenvalue weighted by Gasteiger charge is -2.31. The number of hydrogen-bond donors (Lipinski definition) is 1. The Hall–Kier alpha value is -2.34. The Morgan fingerprint density at radius 3 is 2.96 bits per heavy atom. The van der Waals surface area contributed by atoms with Crippen LogP contribution < -0.4 is 10.2 Å². The molecule has 6 nitrogen and oxygen atoms in total. The van der Waals surface area contributed by atoms with Gasteiger partial charge in [0.2, 0.25) is 0 Å². The molecule has 0 spiro atoms. The minimum Gasteiger partial charge on any atom is -0.374 e. The Bertz CT molecular complexity index is 740. The topological polar surface area (TPSA) is 59.4 Å². The SMILES string of the molecule is Cn1ccc(N2CCC[C@H](Nc3ccc4c(c3)COC4)C2=O)n1. The first-order valence-electron chi connectivity index (χ1n) is 7.98. The Morgan fingerprint density at radius 1 is 1.26 bits per heavy atom. The molecule has 1 saturated heterocycles. The zero-order valence-corrected chi connectivity index (χ0v) is 13.2. The third kappa shape index (κ3) is 2.70. The quantitative estimate of drug-likeness (QED) is 0.942. The third-order valence-electron chi connectivity index (χ3n) is 4.48. The van der Waals surface area contributed by atoms with Crippen LogP contribution in [0.3, 0.4) is 0 Å². The summed E-state index contributed by atoms with van der Waals surface area (Å²) in [6.45, 7) is 2.07. The molecule has 2 aliphatic heterocycles. The number of nitrogens with zero attached hydrogens (tertiary/aromatic N) is 3. The van der Waals surface area contributed by atoms with Crippen LogP contribution in [-0.4, -0.2) is 28.3 Å². The normalized spacial score (nSPS) is 20.7. The van der Waals surface area contributed by atoms with Gasteiger partial charge in [0, 0.05) is 31.5 Å². The first-order valence-corrected chi connectivity index (χ1v) is 7.98. The van der Waals surface area contributed by atoms with Gasteiger partial charge in [-0.2, -0.15) is 5.10 Å². The first-order chi connectivity index (χ1) is 11.2. The number of anilines is 2. The predicted molar refractivity (Wildman–Crippen MR) is 87.1 cm³/mol. The molecule has 0 aliphatic carbocycles. The van der Waals surface area contributed by atoms with Gasteiger partial charge in [0.05, 0.1) is 13.2 Å². The van der Waals surface area contributed by atoms with E-state index in [-0.39, 0.29) is 11.9 Å². The highest BCUT2D eigenvalue weighted by Gasteiger charge is 2.30. The van der Waals surface area contributed by atoms with Gasteiger partial charge < -0.3 is 10.1 Å². The van der Waals surface area contributed by atoms with Crippen LogP contribution in [0.4, 0.5) is 11.5 Å². The van der Waals surface area contributed by atoms with Crippen LogP contribution in [0.5, 0.6) is 0 Å². The Balaban J connectivity index is 1.51. The van der Waals surface area contributed by atoms with Crippen molar-refractivity contribution in [3.05, 3.63) is 41.6 Å². The summed E-state index contributed by atoms with van der Waals surface area (Å²) < 4.78 is 7.17. The fourth-order valence-corrected chi connectivity index (χ4v) is 3.25. The standard InChI is InChI=1S/C17H20N4O2/c1-20-8-6-16(19-20)21-7-2-3-15(17(21)22)18-14-5-4-12-10-23-11-13(12)9-14/h4-6,8-9,15,18H,2-3,7,10-11H2,1H3/t15-/m0/s1. The maximum absolute atomic E-state index is 12.8. The van der Waals surface area contributed by atoms with Crippen LogP contribution in [0.1, 0.15) is 24.0 Å². The average molecular weight is 312 g/mol. The molecule has 0 bridgehead atoms. The van der Waals surface area contributed by atoms with E-state index in [4.69, 9.17) is 4.74 Å². The molecule has 1 aromatic carbocycles. The zero-order chi connectivity index (χ0) is 15.8. The highest BCUT2D eigenvalue weighted by atomic mass is 16.5.